The molecule has 2 aliphatic heterocycles. The van der Waals surface area contributed by atoms with Gasteiger partial charge in [0.25, 0.3) is 0 Å². The number of rotatable bonds is 4. The van der Waals surface area contributed by atoms with Crippen LogP contribution in [-0.2, 0) is 9.47 Å². The van der Waals surface area contributed by atoms with E-state index in [1.165, 1.54) is 64.2 Å². The number of thioether (sulfide) groups is 1. The lowest BCUT2D eigenvalue weighted by Gasteiger charge is -2.45. The summed E-state index contributed by atoms with van der Waals surface area (Å²) in [6.07, 6.45) is 12.7. The molecule has 0 amide bonds. The van der Waals surface area contributed by atoms with Gasteiger partial charge in [0.05, 0.1) is 22.6 Å². The zero-order valence-corrected chi connectivity index (χ0v) is 14.8. The Morgan fingerprint density at radius 2 is 1.09 bits per heavy atom. The summed E-state index contributed by atoms with van der Waals surface area (Å²) in [7, 11) is 0. The van der Waals surface area contributed by atoms with Gasteiger partial charge in [0.1, 0.15) is 13.2 Å². The Bertz CT molecular complexity index is 447. The summed E-state index contributed by atoms with van der Waals surface area (Å²) in [5, 5.41) is 0. The first-order valence-electron chi connectivity index (χ1n) is 9.39. The van der Waals surface area contributed by atoms with Crippen LogP contribution in [0.3, 0.4) is 0 Å². The highest BCUT2D eigenvalue weighted by atomic mass is 32.2. The van der Waals surface area contributed by atoms with Crippen molar-refractivity contribution in [1.82, 2.24) is 0 Å². The molecule has 4 nitrogen and oxygen atoms in total. The summed E-state index contributed by atoms with van der Waals surface area (Å²) in [6, 6.07) is 0. The van der Waals surface area contributed by atoms with Crippen molar-refractivity contribution in [2.75, 3.05) is 26.3 Å². The van der Waals surface area contributed by atoms with Crippen LogP contribution in [-0.4, -0.2) is 47.6 Å². The van der Waals surface area contributed by atoms with Gasteiger partial charge >= 0.3 is 0 Å². The third-order valence-corrected chi connectivity index (χ3v) is 7.61. The van der Waals surface area contributed by atoms with Crippen molar-refractivity contribution < 1.29 is 9.47 Å². The van der Waals surface area contributed by atoms with Crippen molar-refractivity contribution in [3.63, 3.8) is 0 Å². The summed E-state index contributed by atoms with van der Waals surface area (Å²) in [5.41, 5.74) is 0. The molecule has 0 aromatic carbocycles. The van der Waals surface area contributed by atoms with Crippen molar-refractivity contribution in [1.29, 1.82) is 0 Å². The summed E-state index contributed by atoms with van der Waals surface area (Å²) in [5.74, 6) is 2.07. The Balaban J connectivity index is 1.64. The Kier molecular flexibility index (Phi) is 4.57. The number of hydrogen-bond acceptors (Lipinski definition) is 5. The Labute approximate surface area is 143 Å². The molecule has 2 fully saturated rings. The Morgan fingerprint density at radius 3 is 1.43 bits per heavy atom. The fraction of sp³-hybridized carbons (Fsp3) is 0.889. The van der Waals surface area contributed by atoms with Crippen LogP contribution in [0.25, 0.3) is 0 Å². The SMILES string of the molecule is C1CCC(SC2(C3=NCCO3)CCCCC2)(C2=NCCO2)CC1. The second-order valence-electron chi connectivity index (χ2n) is 7.28. The highest BCUT2D eigenvalue weighted by Crippen LogP contribution is 2.53. The van der Waals surface area contributed by atoms with Gasteiger partial charge in [-0.25, -0.2) is 0 Å². The van der Waals surface area contributed by atoms with Crippen molar-refractivity contribution in [2.45, 2.75) is 73.7 Å². The van der Waals surface area contributed by atoms with E-state index in [0.717, 1.165) is 38.1 Å². The maximum atomic E-state index is 5.99. The molecule has 23 heavy (non-hydrogen) atoms. The van der Waals surface area contributed by atoms with E-state index in [2.05, 4.69) is 11.8 Å². The van der Waals surface area contributed by atoms with Crippen molar-refractivity contribution >= 4 is 23.6 Å². The molecule has 0 radical (unpaired) electrons. The number of nitrogens with zero attached hydrogens (tertiary/aromatic N) is 2. The highest BCUT2D eigenvalue weighted by molar-refractivity contribution is 8.03. The van der Waals surface area contributed by atoms with E-state index in [1.807, 2.05) is 0 Å². The van der Waals surface area contributed by atoms with Gasteiger partial charge in [-0.2, -0.15) is 0 Å². The molecular weight excluding hydrogens is 308 g/mol. The van der Waals surface area contributed by atoms with E-state index in [0.29, 0.717) is 0 Å². The van der Waals surface area contributed by atoms with Gasteiger partial charge in [0.15, 0.2) is 11.8 Å². The lowest BCUT2D eigenvalue weighted by atomic mass is 9.87. The summed E-state index contributed by atoms with van der Waals surface area (Å²) in [6.45, 7) is 3.20. The Hall–Kier alpha value is -0.710. The van der Waals surface area contributed by atoms with Crippen molar-refractivity contribution in [3.05, 3.63) is 0 Å². The minimum absolute atomic E-state index is 0.0700. The number of hydrogen-bond donors (Lipinski definition) is 0. The second kappa shape index (κ2) is 6.66. The molecule has 128 valence electrons. The molecule has 4 rings (SSSR count). The van der Waals surface area contributed by atoms with E-state index in [4.69, 9.17) is 19.5 Å². The predicted octanol–water partition coefficient (Wildman–Crippen LogP) is 3.98. The van der Waals surface area contributed by atoms with E-state index in [1.54, 1.807) is 0 Å². The predicted molar refractivity (Wildman–Crippen MR) is 95.7 cm³/mol. The molecule has 4 aliphatic rings. The van der Waals surface area contributed by atoms with Gasteiger partial charge in [0.2, 0.25) is 0 Å². The minimum atomic E-state index is 0.0700. The van der Waals surface area contributed by atoms with E-state index < -0.39 is 0 Å². The molecule has 0 atom stereocenters. The molecule has 2 aliphatic carbocycles. The Morgan fingerprint density at radius 1 is 0.652 bits per heavy atom. The van der Waals surface area contributed by atoms with Crippen LogP contribution < -0.4 is 0 Å². The number of ether oxygens (including phenoxy) is 2. The lowest BCUT2D eigenvalue weighted by Crippen LogP contribution is -2.47. The molecule has 2 saturated carbocycles. The molecule has 0 spiro atoms. The van der Waals surface area contributed by atoms with Crippen LogP contribution in [0.1, 0.15) is 64.2 Å². The molecule has 0 bridgehead atoms. The largest absolute Gasteiger partial charge is 0.478 e. The first-order valence-corrected chi connectivity index (χ1v) is 10.2. The monoisotopic (exact) mass is 336 g/mol. The third kappa shape index (κ3) is 3.01. The average Bonchev–Trinajstić information content (AvgIpc) is 3.31. The average molecular weight is 337 g/mol. The zero-order valence-electron chi connectivity index (χ0n) is 14.0. The molecule has 0 unspecified atom stereocenters. The van der Waals surface area contributed by atoms with Crippen LogP contribution in [0.4, 0.5) is 0 Å². The summed E-state index contributed by atoms with van der Waals surface area (Å²) >= 11 is 2.12. The topological polar surface area (TPSA) is 43.2 Å². The van der Waals surface area contributed by atoms with Crippen molar-refractivity contribution in [2.24, 2.45) is 9.98 Å². The van der Waals surface area contributed by atoms with E-state index in [-0.39, 0.29) is 9.49 Å². The van der Waals surface area contributed by atoms with Crippen LogP contribution in [0, 0.1) is 0 Å². The zero-order chi connectivity index (χ0) is 15.6. The molecule has 0 N–H and O–H groups in total. The van der Waals surface area contributed by atoms with E-state index in [9.17, 15) is 0 Å². The van der Waals surface area contributed by atoms with Gasteiger partial charge in [0, 0.05) is 0 Å². The molecule has 5 heteroatoms. The van der Waals surface area contributed by atoms with Gasteiger partial charge in [-0.1, -0.05) is 38.5 Å². The fourth-order valence-corrected chi connectivity index (χ4v) is 6.72. The molecule has 0 aromatic rings. The van der Waals surface area contributed by atoms with Crippen LogP contribution >= 0.6 is 11.8 Å². The molecule has 2 heterocycles. The molecular formula is C18H28N2O2S. The van der Waals surface area contributed by atoms with Crippen LogP contribution in [0.2, 0.25) is 0 Å². The number of aliphatic imine (C=N–C) groups is 2. The smallest absolute Gasteiger partial charge is 0.200 e. The lowest BCUT2D eigenvalue weighted by molar-refractivity contribution is 0.301. The van der Waals surface area contributed by atoms with E-state index >= 15 is 0 Å². The van der Waals surface area contributed by atoms with Crippen molar-refractivity contribution in [3.8, 4) is 0 Å². The fourth-order valence-electron chi connectivity index (χ4n) is 4.56. The quantitative estimate of drug-likeness (QED) is 0.780. The third-order valence-electron chi connectivity index (χ3n) is 5.66. The summed E-state index contributed by atoms with van der Waals surface area (Å²) in [4.78, 5) is 9.50. The van der Waals surface area contributed by atoms with Gasteiger partial charge in [-0.05, 0) is 25.7 Å². The van der Waals surface area contributed by atoms with Gasteiger partial charge < -0.3 is 9.47 Å². The first-order chi connectivity index (χ1) is 11.3. The first kappa shape index (κ1) is 15.8. The van der Waals surface area contributed by atoms with Gasteiger partial charge in [-0.3, -0.25) is 9.98 Å². The normalized spacial score (nSPS) is 29.4. The highest BCUT2D eigenvalue weighted by Gasteiger charge is 2.51. The maximum Gasteiger partial charge on any atom is 0.200 e. The second-order valence-corrected chi connectivity index (χ2v) is 9.05. The standard InChI is InChI=1S/C18H28N2O2S/c1-3-7-17(8-4-1,15-19-11-13-21-15)23-18(9-5-2-6-10-18)16-20-12-14-22-16/h1-14H2. The molecule has 0 saturated heterocycles. The minimum Gasteiger partial charge on any atom is -0.478 e. The maximum absolute atomic E-state index is 5.99. The van der Waals surface area contributed by atoms with Crippen LogP contribution in [0.15, 0.2) is 9.98 Å². The van der Waals surface area contributed by atoms with Gasteiger partial charge in [-0.15, -0.1) is 11.8 Å². The van der Waals surface area contributed by atoms with Crippen LogP contribution in [0.5, 0.6) is 0 Å². The molecule has 0 aromatic heterocycles. The summed E-state index contributed by atoms with van der Waals surface area (Å²) < 4.78 is 12.1.